The van der Waals surface area contributed by atoms with Crippen molar-refractivity contribution in [1.82, 2.24) is 9.80 Å². The second kappa shape index (κ2) is 12.8. The predicted molar refractivity (Wildman–Crippen MR) is 123 cm³/mol. The van der Waals surface area contributed by atoms with E-state index >= 15 is 0 Å². The Morgan fingerprint density at radius 2 is 1.36 bits per heavy atom. The summed E-state index contributed by atoms with van der Waals surface area (Å²) < 4.78 is 12.3. The fourth-order valence-corrected chi connectivity index (χ4v) is 7.46. The normalized spacial score (nSPS) is 12.9. The third-order valence-electron chi connectivity index (χ3n) is 5.85. The summed E-state index contributed by atoms with van der Waals surface area (Å²) in [5.74, 6) is 0. The van der Waals surface area contributed by atoms with Crippen LogP contribution < -0.4 is 0 Å². The van der Waals surface area contributed by atoms with Gasteiger partial charge in [-0.2, -0.15) is 0 Å². The molecule has 162 valence electrons. The van der Waals surface area contributed by atoms with Gasteiger partial charge >= 0.3 is 8.56 Å². The molecular formula is C23H44N2O2Si. The molecule has 0 amide bonds. The van der Waals surface area contributed by atoms with Crippen molar-refractivity contribution in [3.05, 3.63) is 35.9 Å². The molecule has 0 radical (unpaired) electrons. The number of nitrogens with zero attached hydrogens (tertiary/aromatic N) is 2. The molecule has 0 saturated heterocycles. The third-order valence-corrected chi connectivity index (χ3v) is 9.74. The largest absolute Gasteiger partial charge is 0.398 e. The van der Waals surface area contributed by atoms with Gasteiger partial charge in [0.25, 0.3) is 0 Å². The molecule has 0 aliphatic carbocycles. The van der Waals surface area contributed by atoms with E-state index in [-0.39, 0.29) is 5.41 Å². The smallest absolute Gasteiger partial charge is 0.338 e. The molecule has 0 heterocycles. The third kappa shape index (κ3) is 9.66. The van der Waals surface area contributed by atoms with E-state index in [9.17, 15) is 0 Å². The number of hydrogen-bond donors (Lipinski definition) is 0. The van der Waals surface area contributed by atoms with Gasteiger partial charge in [0.2, 0.25) is 0 Å². The van der Waals surface area contributed by atoms with Crippen molar-refractivity contribution in [2.45, 2.75) is 51.1 Å². The van der Waals surface area contributed by atoms with Crippen LogP contribution in [-0.2, 0) is 15.3 Å². The molecule has 5 heteroatoms. The highest BCUT2D eigenvalue weighted by Crippen LogP contribution is 2.40. The Hall–Kier alpha value is -0.723. The summed E-state index contributed by atoms with van der Waals surface area (Å²) in [4.78, 5) is 4.57. The summed E-state index contributed by atoms with van der Waals surface area (Å²) >= 11 is 0. The summed E-state index contributed by atoms with van der Waals surface area (Å²) in [6, 6.07) is 12.8. The highest BCUT2D eigenvalue weighted by molar-refractivity contribution is 6.67. The van der Waals surface area contributed by atoms with Gasteiger partial charge in [0, 0.05) is 14.2 Å². The van der Waals surface area contributed by atoms with Gasteiger partial charge in [-0.3, -0.25) is 0 Å². The van der Waals surface area contributed by atoms with Crippen molar-refractivity contribution in [2.75, 3.05) is 55.5 Å². The molecule has 0 fully saturated rings. The van der Waals surface area contributed by atoms with Crippen LogP contribution in [0, 0.1) is 5.41 Å². The SMILES string of the molecule is CO[Si](CCc1ccccc1)(CC(C)(CCCN(C)C)CCCN(C)C)OC. The van der Waals surface area contributed by atoms with Crippen LogP contribution in [0.2, 0.25) is 12.1 Å². The molecule has 1 aromatic carbocycles. The van der Waals surface area contributed by atoms with E-state index in [4.69, 9.17) is 8.85 Å². The Morgan fingerprint density at radius 1 is 0.857 bits per heavy atom. The molecule has 0 spiro atoms. The van der Waals surface area contributed by atoms with E-state index in [0.29, 0.717) is 0 Å². The van der Waals surface area contributed by atoms with E-state index in [1.165, 1.54) is 31.2 Å². The molecule has 0 saturated carbocycles. The minimum Gasteiger partial charge on any atom is -0.398 e. The molecule has 0 aliphatic rings. The van der Waals surface area contributed by atoms with E-state index in [1.807, 2.05) is 14.2 Å². The second-order valence-corrected chi connectivity index (χ2v) is 12.6. The zero-order valence-electron chi connectivity index (χ0n) is 19.5. The van der Waals surface area contributed by atoms with Crippen LogP contribution in [0.15, 0.2) is 30.3 Å². The van der Waals surface area contributed by atoms with Crippen LogP contribution in [0.3, 0.4) is 0 Å². The maximum absolute atomic E-state index is 6.16. The maximum Gasteiger partial charge on any atom is 0.338 e. The number of benzene rings is 1. The van der Waals surface area contributed by atoms with Crippen molar-refractivity contribution < 1.29 is 8.85 Å². The molecule has 0 N–H and O–H groups in total. The molecule has 1 aromatic rings. The van der Waals surface area contributed by atoms with Crippen molar-refractivity contribution >= 4 is 8.56 Å². The fourth-order valence-electron chi connectivity index (χ4n) is 4.10. The van der Waals surface area contributed by atoms with Gasteiger partial charge in [-0.1, -0.05) is 37.3 Å². The average molecular weight is 409 g/mol. The molecule has 0 aromatic heterocycles. The lowest BCUT2D eigenvalue weighted by molar-refractivity contribution is 0.191. The van der Waals surface area contributed by atoms with Gasteiger partial charge in [0.05, 0.1) is 0 Å². The first kappa shape index (κ1) is 25.3. The zero-order chi connectivity index (χ0) is 21.0. The Bertz CT molecular complexity index is 505. The molecule has 1 rings (SSSR count). The lowest BCUT2D eigenvalue weighted by atomic mass is 9.82. The molecule has 0 atom stereocenters. The fraction of sp³-hybridized carbons (Fsp3) is 0.739. The quantitative estimate of drug-likeness (QED) is 0.394. The number of aryl methyl sites for hydroxylation is 1. The first-order chi connectivity index (χ1) is 13.2. The topological polar surface area (TPSA) is 24.9 Å². The summed E-state index contributed by atoms with van der Waals surface area (Å²) in [7, 11) is 10.1. The monoisotopic (exact) mass is 408 g/mol. The van der Waals surface area contributed by atoms with Crippen LogP contribution >= 0.6 is 0 Å². The van der Waals surface area contributed by atoms with Crippen LogP contribution in [0.4, 0.5) is 0 Å². The Kier molecular flexibility index (Phi) is 11.5. The van der Waals surface area contributed by atoms with Gasteiger partial charge < -0.3 is 18.7 Å². The molecular weight excluding hydrogens is 364 g/mol. The lowest BCUT2D eigenvalue weighted by Gasteiger charge is -2.38. The van der Waals surface area contributed by atoms with E-state index in [1.54, 1.807) is 0 Å². The molecule has 4 nitrogen and oxygen atoms in total. The van der Waals surface area contributed by atoms with E-state index in [2.05, 4.69) is 75.2 Å². The minimum absolute atomic E-state index is 0.265. The summed E-state index contributed by atoms with van der Waals surface area (Å²) in [6.07, 6.45) is 5.93. The van der Waals surface area contributed by atoms with E-state index in [0.717, 1.165) is 31.6 Å². The zero-order valence-corrected chi connectivity index (χ0v) is 20.5. The predicted octanol–water partition coefficient (Wildman–Crippen LogP) is 4.65. The first-order valence-corrected chi connectivity index (χ1v) is 12.9. The van der Waals surface area contributed by atoms with Crippen LogP contribution in [0.5, 0.6) is 0 Å². The van der Waals surface area contributed by atoms with Gasteiger partial charge in [-0.05, 0) is 96.5 Å². The van der Waals surface area contributed by atoms with Crippen LogP contribution in [0.1, 0.15) is 38.2 Å². The standard InChI is InChI=1S/C23H44N2O2Si/c1-23(16-11-18-24(2)3,17-12-19-25(4)5)21-28(26-6,27-7)20-15-22-13-9-8-10-14-22/h8-10,13-14H,11-12,15-21H2,1-7H3. The molecule has 0 aliphatic heterocycles. The minimum atomic E-state index is -2.24. The number of hydrogen-bond acceptors (Lipinski definition) is 4. The van der Waals surface area contributed by atoms with Crippen LogP contribution in [0.25, 0.3) is 0 Å². The van der Waals surface area contributed by atoms with Gasteiger partial charge in [0.1, 0.15) is 0 Å². The molecule has 28 heavy (non-hydrogen) atoms. The first-order valence-electron chi connectivity index (χ1n) is 10.7. The summed E-state index contributed by atoms with van der Waals surface area (Å²) in [5.41, 5.74) is 1.64. The molecule has 0 bridgehead atoms. The van der Waals surface area contributed by atoms with Gasteiger partial charge in [-0.25, -0.2) is 0 Å². The second-order valence-electron chi connectivity index (χ2n) is 9.11. The maximum atomic E-state index is 6.16. The highest BCUT2D eigenvalue weighted by Gasteiger charge is 2.42. The van der Waals surface area contributed by atoms with Gasteiger partial charge in [0.15, 0.2) is 0 Å². The Labute approximate surface area is 175 Å². The van der Waals surface area contributed by atoms with Crippen molar-refractivity contribution in [2.24, 2.45) is 5.41 Å². The summed E-state index contributed by atoms with van der Waals surface area (Å²) in [6.45, 7) is 4.74. The lowest BCUT2D eigenvalue weighted by Crippen LogP contribution is -2.45. The van der Waals surface area contributed by atoms with Gasteiger partial charge in [-0.15, -0.1) is 0 Å². The van der Waals surface area contributed by atoms with Crippen molar-refractivity contribution in [1.29, 1.82) is 0 Å². The van der Waals surface area contributed by atoms with Crippen LogP contribution in [-0.4, -0.2) is 73.9 Å². The molecule has 0 unspecified atom stereocenters. The van der Waals surface area contributed by atoms with Crippen molar-refractivity contribution in [3.63, 3.8) is 0 Å². The highest BCUT2D eigenvalue weighted by atomic mass is 28.4. The van der Waals surface area contributed by atoms with Crippen molar-refractivity contribution in [3.8, 4) is 0 Å². The Balaban J connectivity index is 2.84. The average Bonchev–Trinajstić information content (AvgIpc) is 2.65. The Morgan fingerprint density at radius 3 is 1.79 bits per heavy atom. The van der Waals surface area contributed by atoms with E-state index < -0.39 is 8.56 Å². The number of rotatable bonds is 15. The summed E-state index contributed by atoms with van der Waals surface area (Å²) in [5, 5.41) is 0.